The van der Waals surface area contributed by atoms with Gasteiger partial charge in [0, 0.05) is 18.5 Å². The maximum absolute atomic E-state index is 12.5. The van der Waals surface area contributed by atoms with Crippen LogP contribution in [0.3, 0.4) is 0 Å². The standard InChI is InChI=1S/C19H33NO/c1-15(2)8-7-9-16(3)12-13-20(14-17-10-11-17)18(21)19(4,5)6/h8,12,17H,7,9-11,13-14H2,1-6H3/b16-12-. The molecule has 0 aromatic rings. The average molecular weight is 291 g/mol. The van der Waals surface area contributed by atoms with Crippen LogP contribution in [0.5, 0.6) is 0 Å². The fraction of sp³-hybridized carbons (Fsp3) is 0.737. The van der Waals surface area contributed by atoms with Gasteiger partial charge in [0.05, 0.1) is 0 Å². The van der Waals surface area contributed by atoms with Crippen LogP contribution in [-0.4, -0.2) is 23.9 Å². The molecule has 0 saturated heterocycles. The molecular weight excluding hydrogens is 258 g/mol. The molecule has 0 radical (unpaired) electrons. The Morgan fingerprint density at radius 2 is 1.76 bits per heavy atom. The quantitative estimate of drug-likeness (QED) is 0.607. The van der Waals surface area contributed by atoms with Crippen LogP contribution in [0.2, 0.25) is 0 Å². The van der Waals surface area contributed by atoms with Gasteiger partial charge in [-0.1, -0.05) is 44.1 Å². The molecule has 0 atom stereocenters. The molecule has 1 aliphatic rings. The maximum Gasteiger partial charge on any atom is 0.228 e. The Morgan fingerprint density at radius 1 is 1.14 bits per heavy atom. The number of rotatable bonds is 7. The second kappa shape index (κ2) is 7.82. The number of hydrogen-bond donors (Lipinski definition) is 0. The van der Waals surface area contributed by atoms with Gasteiger partial charge in [-0.25, -0.2) is 0 Å². The highest BCUT2D eigenvalue weighted by Crippen LogP contribution is 2.31. The van der Waals surface area contributed by atoms with E-state index in [1.54, 1.807) is 0 Å². The SMILES string of the molecule is CC(C)=CCC/C(C)=C\CN(CC1CC1)C(=O)C(C)(C)C. The predicted molar refractivity (Wildman–Crippen MR) is 91.2 cm³/mol. The molecule has 0 aromatic carbocycles. The molecule has 1 saturated carbocycles. The Kier molecular flexibility index (Phi) is 6.70. The molecule has 0 spiro atoms. The number of nitrogens with zero attached hydrogens (tertiary/aromatic N) is 1. The van der Waals surface area contributed by atoms with Crippen LogP contribution in [0.1, 0.15) is 67.2 Å². The first-order chi connectivity index (χ1) is 9.70. The van der Waals surface area contributed by atoms with Gasteiger partial charge in [-0.15, -0.1) is 0 Å². The van der Waals surface area contributed by atoms with E-state index >= 15 is 0 Å². The van der Waals surface area contributed by atoms with Gasteiger partial charge in [0.25, 0.3) is 0 Å². The number of hydrogen-bond acceptors (Lipinski definition) is 1. The first kappa shape index (κ1) is 18.0. The molecule has 0 bridgehead atoms. The summed E-state index contributed by atoms with van der Waals surface area (Å²) >= 11 is 0. The lowest BCUT2D eigenvalue weighted by Crippen LogP contribution is -2.40. The lowest BCUT2D eigenvalue weighted by atomic mass is 9.94. The molecule has 21 heavy (non-hydrogen) atoms. The van der Waals surface area contributed by atoms with Crippen molar-refractivity contribution in [3.63, 3.8) is 0 Å². The lowest BCUT2D eigenvalue weighted by Gasteiger charge is -2.29. The van der Waals surface area contributed by atoms with E-state index in [1.807, 2.05) is 20.8 Å². The number of allylic oxidation sites excluding steroid dienone is 3. The van der Waals surface area contributed by atoms with Crippen molar-refractivity contribution in [2.24, 2.45) is 11.3 Å². The Balaban J connectivity index is 2.55. The number of carbonyl (C=O) groups is 1. The van der Waals surface area contributed by atoms with Gasteiger partial charge in [0.2, 0.25) is 5.91 Å². The number of carbonyl (C=O) groups excluding carboxylic acids is 1. The molecule has 2 heteroatoms. The fourth-order valence-corrected chi connectivity index (χ4v) is 2.28. The smallest absolute Gasteiger partial charge is 0.228 e. The van der Waals surface area contributed by atoms with E-state index in [2.05, 4.69) is 37.8 Å². The molecule has 0 N–H and O–H groups in total. The molecule has 0 unspecified atom stereocenters. The molecule has 120 valence electrons. The van der Waals surface area contributed by atoms with Crippen molar-refractivity contribution in [3.05, 3.63) is 23.3 Å². The highest BCUT2D eigenvalue weighted by atomic mass is 16.2. The van der Waals surface area contributed by atoms with Gasteiger partial charge in [-0.3, -0.25) is 4.79 Å². The Bertz CT molecular complexity index is 404. The monoisotopic (exact) mass is 291 g/mol. The van der Waals surface area contributed by atoms with Gasteiger partial charge >= 0.3 is 0 Å². The van der Waals surface area contributed by atoms with E-state index < -0.39 is 0 Å². The third-order valence-electron chi connectivity index (χ3n) is 3.86. The molecule has 0 heterocycles. The Labute approximate surface area is 131 Å². The molecule has 0 aliphatic heterocycles. The van der Waals surface area contributed by atoms with Crippen molar-refractivity contribution in [2.45, 2.75) is 67.2 Å². The summed E-state index contributed by atoms with van der Waals surface area (Å²) in [7, 11) is 0. The maximum atomic E-state index is 12.5. The molecule has 1 rings (SSSR count). The summed E-state index contributed by atoms with van der Waals surface area (Å²) in [5.41, 5.74) is 2.48. The Morgan fingerprint density at radius 3 is 2.24 bits per heavy atom. The first-order valence-corrected chi connectivity index (χ1v) is 8.28. The van der Waals surface area contributed by atoms with Crippen molar-refractivity contribution in [2.75, 3.05) is 13.1 Å². The summed E-state index contributed by atoms with van der Waals surface area (Å²) in [6, 6.07) is 0. The molecule has 0 aromatic heterocycles. The summed E-state index contributed by atoms with van der Waals surface area (Å²) < 4.78 is 0. The second-order valence-electron chi connectivity index (χ2n) is 7.77. The fourth-order valence-electron chi connectivity index (χ4n) is 2.28. The van der Waals surface area contributed by atoms with Crippen molar-refractivity contribution < 1.29 is 4.79 Å². The molecular formula is C19H33NO. The third-order valence-corrected chi connectivity index (χ3v) is 3.86. The van der Waals surface area contributed by atoms with E-state index in [0.717, 1.165) is 31.8 Å². The van der Waals surface area contributed by atoms with Crippen LogP contribution in [0.4, 0.5) is 0 Å². The minimum absolute atomic E-state index is 0.279. The van der Waals surface area contributed by atoms with Crippen LogP contribution in [0, 0.1) is 11.3 Å². The van der Waals surface area contributed by atoms with E-state index in [4.69, 9.17) is 0 Å². The first-order valence-electron chi connectivity index (χ1n) is 8.28. The van der Waals surface area contributed by atoms with Crippen LogP contribution in [0.25, 0.3) is 0 Å². The van der Waals surface area contributed by atoms with Crippen molar-refractivity contribution >= 4 is 5.91 Å². The largest absolute Gasteiger partial charge is 0.338 e. The van der Waals surface area contributed by atoms with E-state index in [9.17, 15) is 4.79 Å². The van der Waals surface area contributed by atoms with Gasteiger partial charge in [-0.05, 0) is 52.4 Å². The number of amides is 1. The molecule has 1 amide bonds. The van der Waals surface area contributed by atoms with Crippen LogP contribution >= 0.6 is 0 Å². The normalized spacial score (nSPS) is 15.8. The molecule has 1 fully saturated rings. The van der Waals surface area contributed by atoms with Crippen LogP contribution in [0.15, 0.2) is 23.3 Å². The van der Waals surface area contributed by atoms with Crippen molar-refractivity contribution in [1.29, 1.82) is 0 Å². The van der Waals surface area contributed by atoms with Gasteiger partial charge in [-0.2, -0.15) is 0 Å². The summed E-state index contributed by atoms with van der Waals surface area (Å²) in [5.74, 6) is 1.03. The summed E-state index contributed by atoms with van der Waals surface area (Å²) in [6.45, 7) is 14.2. The van der Waals surface area contributed by atoms with E-state index in [-0.39, 0.29) is 11.3 Å². The summed E-state index contributed by atoms with van der Waals surface area (Å²) in [6.07, 6.45) is 9.28. The van der Waals surface area contributed by atoms with Crippen molar-refractivity contribution in [1.82, 2.24) is 4.90 Å². The average Bonchev–Trinajstić information content (AvgIpc) is 3.15. The minimum Gasteiger partial charge on any atom is -0.338 e. The zero-order valence-corrected chi connectivity index (χ0v) is 14.8. The highest BCUT2D eigenvalue weighted by Gasteiger charge is 2.31. The van der Waals surface area contributed by atoms with Crippen molar-refractivity contribution in [3.8, 4) is 0 Å². The van der Waals surface area contributed by atoms with Crippen LogP contribution in [-0.2, 0) is 4.79 Å². The van der Waals surface area contributed by atoms with E-state index in [1.165, 1.54) is 24.0 Å². The highest BCUT2D eigenvalue weighted by molar-refractivity contribution is 5.81. The van der Waals surface area contributed by atoms with E-state index in [0.29, 0.717) is 0 Å². The molecule has 2 nitrogen and oxygen atoms in total. The third kappa shape index (κ3) is 7.50. The van der Waals surface area contributed by atoms with Crippen LogP contribution < -0.4 is 0 Å². The topological polar surface area (TPSA) is 20.3 Å². The predicted octanol–water partition coefficient (Wildman–Crippen LogP) is 4.96. The van der Waals surface area contributed by atoms with Gasteiger partial charge in [0.15, 0.2) is 0 Å². The second-order valence-corrected chi connectivity index (χ2v) is 7.77. The van der Waals surface area contributed by atoms with Gasteiger partial charge < -0.3 is 4.90 Å². The molecule has 1 aliphatic carbocycles. The lowest BCUT2D eigenvalue weighted by molar-refractivity contribution is -0.139. The summed E-state index contributed by atoms with van der Waals surface area (Å²) in [4.78, 5) is 14.6. The Hall–Kier alpha value is -1.05. The zero-order valence-electron chi connectivity index (χ0n) is 14.8. The van der Waals surface area contributed by atoms with Gasteiger partial charge in [0.1, 0.15) is 0 Å². The minimum atomic E-state index is -0.279. The zero-order chi connectivity index (χ0) is 16.0. The summed E-state index contributed by atoms with van der Waals surface area (Å²) in [5, 5.41) is 0.